The van der Waals surface area contributed by atoms with Crippen molar-refractivity contribution in [2.75, 3.05) is 18.9 Å². The van der Waals surface area contributed by atoms with E-state index in [9.17, 15) is 0 Å². The number of ether oxygens (including phenoxy) is 1. The first-order valence-electron chi connectivity index (χ1n) is 6.54. The summed E-state index contributed by atoms with van der Waals surface area (Å²) in [6, 6.07) is 6.32. The lowest BCUT2D eigenvalue weighted by molar-refractivity contribution is 0.0618. The molecule has 0 aliphatic carbocycles. The number of fused-ring (bicyclic) bond motifs is 1. The van der Waals surface area contributed by atoms with Gasteiger partial charge >= 0.3 is 0 Å². The first-order chi connectivity index (χ1) is 8.74. The van der Waals surface area contributed by atoms with Gasteiger partial charge in [0.05, 0.1) is 11.0 Å². The molecule has 4 heteroatoms. The Morgan fingerprint density at radius 3 is 2.94 bits per heavy atom. The molecule has 1 fully saturated rings. The van der Waals surface area contributed by atoms with Crippen LogP contribution in [0.5, 0.6) is 0 Å². The van der Waals surface area contributed by atoms with Crippen LogP contribution in [0, 0.1) is 12.8 Å². The molecule has 4 nitrogen and oxygen atoms in total. The van der Waals surface area contributed by atoms with Crippen LogP contribution in [0.3, 0.4) is 0 Å². The van der Waals surface area contributed by atoms with Crippen LogP contribution in [0.1, 0.15) is 18.4 Å². The molecule has 0 unspecified atom stereocenters. The highest BCUT2D eigenvalue weighted by Crippen LogP contribution is 2.24. The molecule has 0 bridgehead atoms. The fourth-order valence-electron chi connectivity index (χ4n) is 2.64. The van der Waals surface area contributed by atoms with E-state index in [1.54, 1.807) is 0 Å². The topological polar surface area (TPSA) is 53.1 Å². The average Bonchev–Trinajstić information content (AvgIpc) is 2.66. The van der Waals surface area contributed by atoms with Gasteiger partial charge in [0, 0.05) is 19.8 Å². The molecular weight excluding hydrogens is 226 g/mol. The standard InChI is InChI=1S/C14H19N3O/c1-10-2-3-13-12(8-10)16-14(15)17(13)9-11-4-6-18-7-5-11/h2-3,8,11H,4-7,9H2,1H3,(H2,15,16). The molecule has 1 aliphatic rings. The summed E-state index contributed by atoms with van der Waals surface area (Å²) in [7, 11) is 0. The number of benzene rings is 1. The van der Waals surface area contributed by atoms with Gasteiger partial charge in [-0.2, -0.15) is 0 Å². The maximum Gasteiger partial charge on any atom is 0.201 e. The Labute approximate surface area is 107 Å². The molecule has 0 saturated carbocycles. The molecule has 0 spiro atoms. The van der Waals surface area contributed by atoms with Gasteiger partial charge in [-0.1, -0.05) is 6.07 Å². The van der Waals surface area contributed by atoms with Crippen molar-refractivity contribution in [1.29, 1.82) is 0 Å². The third kappa shape index (κ3) is 2.08. The summed E-state index contributed by atoms with van der Waals surface area (Å²) in [5.74, 6) is 1.28. The lowest BCUT2D eigenvalue weighted by atomic mass is 10.0. The van der Waals surface area contributed by atoms with Gasteiger partial charge in [-0.25, -0.2) is 4.98 Å². The summed E-state index contributed by atoms with van der Waals surface area (Å²) in [4.78, 5) is 4.45. The Balaban J connectivity index is 1.92. The van der Waals surface area contributed by atoms with Crippen molar-refractivity contribution < 1.29 is 4.74 Å². The predicted molar refractivity (Wildman–Crippen MR) is 72.4 cm³/mol. The molecule has 96 valence electrons. The maximum absolute atomic E-state index is 6.04. The number of nitrogen functional groups attached to an aromatic ring is 1. The van der Waals surface area contributed by atoms with Gasteiger partial charge in [-0.3, -0.25) is 0 Å². The van der Waals surface area contributed by atoms with E-state index in [0.717, 1.165) is 43.6 Å². The zero-order valence-electron chi connectivity index (χ0n) is 10.7. The Hall–Kier alpha value is -1.55. The summed E-state index contributed by atoms with van der Waals surface area (Å²) in [5, 5.41) is 0. The van der Waals surface area contributed by atoms with Gasteiger partial charge < -0.3 is 15.0 Å². The van der Waals surface area contributed by atoms with Gasteiger partial charge in [-0.05, 0) is 43.4 Å². The number of imidazole rings is 1. The minimum Gasteiger partial charge on any atom is -0.381 e. The average molecular weight is 245 g/mol. The Morgan fingerprint density at radius 2 is 2.17 bits per heavy atom. The van der Waals surface area contributed by atoms with E-state index in [4.69, 9.17) is 10.5 Å². The van der Waals surface area contributed by atoms with Gasteiger partial charge in [0.15, 0.2) is 0 Å². The third-order valence-corrected chi connectivity index (χ3v) is 3.71. The smallest absolute Gasteiger partial charge is 0.201 e. The highest BCUT2D eigenvalue weighted by molar-refractivity contribution is 5.79. The highest BCUT2D eigenvalue weighted by atomic mass is 16.5. The number of aromatic nitrogens is 2. The van der Waals surface area contributed by atoms with Crippen molar-refractivity contribution in [3.8, 4) is 0 Å². The SMILES string of the molecule is Cc1ccc2c(c1)nc(N)n2CC1CCOCC1. The molecule has 1 saturated heterocycles. The van der Waals surface area contributed by atoms with Gasteiger partial charge in [0.1, 0.15) is 0 Å². The summed E-state index contributed by atoms with van der Waals surface area (Å²) in [6.07, 6.45) is 2.23. The number of nitrogens with zero attached hydrogens (tertiary/aromatic N) is 2. The molecule has 1 aromatic carbocycles. The summed E-state index contributed by atoms with van der Waals surface area (Å²) < 4.78 is 7.54. The molecule has 18 heavy (non-hydrogen) atoms. The molecule has 2 heterocycles. The second-order valence-electron chi connectivity index (χ2n) is 5.13. The van der Waals surface area contributed by atoms with E-state index in [1.165, 1.54) is 5.56 Å². The van der Waals surface area contributed by atoms with Crippen molar-refractivity contribution >= 4 is 17.0 Å². The zero-order valence-corrected chi connectivity index (χ0v) is 10.7. The van der Waals surface area contributed by atoms with Crippen LogP contribution in [-0.2, 0) is 11.3 Å². The summed E-state index contributed by atoms with van der Waals surface area (Å²) >= 11 is 0. The van der Waals surface area contributed by atoms with E-state index < -0.39 is 0 Å². The Bertz CT molecular complexity index is 555. The van der Waals surface area contributed by atoms with Crippen LogP contribution in [0.2, 0.25) is 0 Å². The van der Waals surface area contributed by atoms with E-state index >= 15 is 0 Å². The fourth-order valence-corrected chi connectivity index (χ4v) is 2.64. The van der Waals surface area contributed by atoms with Crippen molar-refractivity contribution in [2.24, 2.45) is 5.92 Å². The number of hydrogen-bond donors (Lipinski definition) is 1. The first kappa shape index (κ1) is 11.5. The predicted octanol–water partition coefficient (Wildman–Crippen LogP) is 2.35. The van der Waals surface area contributed by atoms with Crippen molar-refractivity contribution in [1.82, 2.24) is 9.55 Å². The fraction of sp³-hybridized carbons (Fsp3) is 0.500. The lowest BCUT2D eigenvalue weighted by Gasteiger charge is -2.23. The molecule has 1 aromatic heterocycles. The van der Waals surface area contributed by atoms with E-state index in [0.29, 0.717) is 11.9 Å². The Morgan fingerprint density at radius 1 is 1.39 bits per heavy atom. The molecule has 1 aliphatic heterocycles. The van der Waals surface area contributed by atoms with Gasteiger partial charge in [0.25, 0.3) is 0 Å². The molecular formula is C14H19N3O. The number of hydrogen-bond acceptors (Lipinski definition) is 3. The second kappa shape index (κ2) is 4.61. The van der Waals surface area contributed by atoms with E-state index in [2.05, 4.69) is 34.7 Å². The van der Waals surface area contributed by atoms with Crippen LogP contribution in [-0.4, -0.2) is 22.8 Å². The molecule has 0 amide bonds. The maximum atomic E-state index is 6.04. The summed E-state index contributed by atoms with van der Waals surface area (Å²) in [6.45, 7) is 4.77. The number of rotatable bonds is 2. The van der Waals surface area contributed by atoms with Crippen molar-refractivity contribution in [3.63, 3.8) is 0 Å². The normalized spacial score (nSPS) is 17.4. The van der Waals surface area contributed by atoms with Crippen molar-refractivity contribution in [2.45, 2.75) is 26.3 Å². The largest absolute Gasteiger partial charge is 0.381 e. The van der Waals surface area contributed by atoms with Gasteiger partial charge in [-0.15, -0.1) is 0 Å². The van der Waals surface area contributed by atoms with Crippen LogP contribution < -0.4 is 5.73 Å². The third-order valence-electron chi connectivity index (χ3n) is 3.71. The molecule has 2 aromatic rings. The van der Waals surface area contributed by atoms with Crippen LogP contribution >= 0.6 is 0 Å². The first-order valence-corrected chi connectivity index (χ1v) is 6.54. The Kier molecular flexibility index (Phi) is 2.96. The number of nitrogens with two attached hydrogens (primary N) is 1. The minimum atomic E-state index is 0.627. The van der Waals surface area contributed by atoms with Crippen LogP contribution in [0.15, 0.2) is 18.2 Å². The van der Waals surface area contributed by atoms with Gasteiger partial charge in [0.2, 0.25) is 5.95 Å². The number of anilines is 1. The number of aryl methyl sites for hydroxylation is 1. The quantitative estimate of drug-likeness (QED) is 0.883. The molecule has 3 rings (SSSR count). The molecule has 2 N–H and O–H groups in total. The highest BCUT2D eigenvalue weighted by Gasteiger charge is 2.17. The van der Waals surface area contributed by atoms with E-state index in [1.807, 2.05) is 0 Å². The monoisotopic (exact) mass is 245 g/mol. The van der Waals surface area contributed by atoms with Crippen LogP contribution in [0.25, 0.3) is 11.0 Å². The van der Waals surface area contributed by atoms with E-state index in [-0.39, 0.29) is 0 Å². The summed E-state index contributed by atoms with van der Waals surface area (Å²) in [5.41, 5.74) is 9.40. The molecule has 0 radical (unpaired) electrons. The molecule has 0 atom stereocenters. The van der Waals surface area contributed by atoms with Crippen molar-refractivity contribution in [3.05, 3.63) is 23.8 Å². The minimum absolute atomic E-state index is 0.627. The van der Waals surface area contributed by atoms with Crippen LogP contribution in [0.4, 0.5) is 5.95 Å². The lowest BCUT2D eigenvalue weighted by Crippen LogP contribution is -2.21. The second-order valence-corrected chi connectivity index (χ2v) is 5.13. The zero-order chi connectivity index (χ0) is 12.5.